The summed E-state index contributed by atoms with van der Waals surface area (Å²) in [6.07, 6.45) is 0. The predicted molar refractivity (Wildman–Crippen MR) is 72.5 cm³/mol. The summed E-state index contributed by atoms with van der Waals surface area (Å²) in [6.45, 7) is 1.95. The molecule has 1 heterocycles. The second-order valence-corrected chi connectivity index (χ2v) is 4.38. The van der Waals surface area contributed by atoms with Crippen molar-refractivity contribution in [3.05, 3.63) is 52.4 Å². The van der Waals surface area contributed by atoms with Crippen LogP contribution in [0.3, 0.4) is 0 Å². The zero-order valence-electron chi connectivity index (χ0n) is 10.3. The van der Waals surface area contributed by atoms with Crippen molar-refractivity contribution in [2.45, 2.75) is 13.5 Å². The van der Waals surface area contributed by atoms with Crippen LogP contribution in [0.1, 0.15) is 11.3 Å². The highest BCUT2D eigenvalue weighted by molar-refractivity contribution is 6.31. The number of hydrazine groups is 1. The van der Waals surface area contributed by atoms with Gasteiger partial charge in [-0.15, -0.1) is 0 Å². The minimum atomic E-state index is -0.296. The number of hydrogen-bond acceptors (Lipinski definition) is 4. The van der Waals surface area contributed by atoms with E-state index in [0.29, 0.717) is 27.8 Å². The first-order valence-corrected chi connectivity index (χ1v) is 5.99. The van der Waals surface area contributed by atoms with Gasteiger partial charge in [-0.1, -0.05) is 11.6 Å². The van der Waals surface area contributed by atoms with E-state index in [-0.39, 0.29) is 12.4 Å². The summed E-state index contributed by atoms with van der Waals surface area (Å²) in [5, 5.41) is 0.485. The molecule has 0 spiro atoms. The molecule has 1 aromatic heterocycles. The fraction of sp³-hybridized carbons (Fsp3) is 0.154. The van der Waals surface area contributed by atoms with Gasteiger partial charge in [0.15, 0.2) is 0 Å². The Morgan fingerprint density at radius 3 is 2.84 bits per heavy atom. The van der Waals surface area contributed by atoms with Gasteiger partial charge in [0.2, 0.25) is 0 Å². The first-order valence-electron chi connectivity index (χ1n) is 5.61. The molecule has 0 aliphatic heterocycles. The monoisotopic (exact) mass is 281 g/mol. The van der Waals surface area contributed by atoms with Gasteiger partial charge in [-0.2, -0.15) is 0 Å². The summed E-state index contributed by atoms with van der Waals surface area (Å²) < 4.78 is 18.5. The number of pyridine rings is 1. The number of nitrogens with two attached hydrogens (primary N) is 1. The maximum absolute atomic E-state index is 13.0. The Labute approximate surface area is 115 Å². The van der Waals surface area contributed by atoms with Gasteiger partial charge < -0.3 is 10.2 Å². The number of anilines is 1. The highest BCUT2D eigenvalue weighted by atomic mass is 35.5. The molecule has 100 valence electrons. The molecule has 2 aromatic rings. The van der Waals surface area contributed by atoms with Crippen molar-refractivity contribution in [1.82, 2.24) is 4.98 Å². The first kappa shape index (κ1) is 13.6. The van der Waals surface area contributed by atoms with E-state index in [1.165, 1.54) is 12.1 Å². The van der Waals surface area contributed by atoms with Crippen molar-refractivity contribution in [3.8, 4) is 5.75 Å². The lowest BCUT2D eigenvalue weighted by atomic mass is 10.2. The summed E-state index contributed by atoms with van der Waals surface area (Å²) >= 11 is 6.01. The van der Waals surface area contributed by atoms with Crippen molar-refractivity contribution in [2.75, 3.05) is 5.43 Å². The van der Waals surface area contributed by atoms with Crippen LogP contribution in [0, 0.1) is 12.7 Å². The van der Waals surface area contributed by atoms with Crippen LogP contribution >= 0.6 is 11.6 Å². The van der Waals surface area contributed by atoms with E-state index in [1.54, 1.807) is 25.1 Å². The van der Waals surface area contributed by atoms with E-state index < -0.39 is 0 Å². The molecule has 0 saturated carbocycles. The highest BCUT2D eigenvalue weighted by Gasteiger charge is 2.06. The topological polar surface area (TPSA) is 60.2 Å². The number of rotatable bonds is 4. The number of hydrogen-bond donors (Lipinski definition) is 2. The van der Waals surface area contributed by atoms with Crippen LogP contribution in [0.2, 0.25) is 5.02 Å². The molecule has 0 aliphatic rings. The smallest absolute Gasteiger partial charge is 0.140 e. The average molecular weight is 282 g/mol. The molecular formula is C13H13ClFN3O. The number of aryl methyl sites for hydroxylation is 1. The summed E-state index contributed by atoms with van der Waals surface area (Å²) in [5.41, 5.74) is 3.71. The van der Waals surface area contributed by atoms with Crippen LogP contribution < -0.4 is 16.0 Å². The van der Waals surface area contributed by atoms with Crippen molar-refractivity contribution in [1.29, 1.82) is 0 Å². The quantitative estimate of drug-likeness (QED) is 0.668. The molecule has 2 rings (SSSR count). The van der Waals surface area contributed by atoms with Crippen LogP contribution in [-0.4, -0.2) is 4.98 Å². The minimum absolute atomic E-state index is 0.181. The summed E-state index contributed by atoms with van der Waals surface area (Å²) in [7, 11) is 0. The van der Waals surface area contributed by atoms with E-state index in [0.717, 1.165) is 0 Å². The Hall–Kier alpha value is -1.85. The van der Waals surface area contributed by atoms with Gasteiger partial charge in [-0.05, 0) is 42.8 Å². The average Bonchev–Trinajstić information content (AvgIpc) is 2.39. The number of nitrogen functional groups attached to an aromatic ring is 1. The summed E-state index contributed by atoms with van der Waals surface area (Å²) in [6, 6.07) is 7.66. The van der Waals surface area contributed by atoms with E-state index in [9.17, 15) is 4.39 Å². The normalized spacial score (nSPS) is 10.3. The Morgan fingerprint density at radius 2 is 2.16 bits per heavy atom. The van der Waals surface area contributed by atoms with Crippen LogP contribution in [-0.2, 0) is 6.61 Å². The summed E-state index contributed by atoms with van der Waals surface area (Å²) in [4.78, 5) is 4.19. The van der Waals surface area contributed by atoms with Crippen molar-refractivity contribution in [3.63, 3.8) is 0 Å². The van der Waals surface area contributed by atoms with Gasteiger partial charge in [-0.25, -0.2) is 15.2 Å². The molecule has 19 heavy (non-hydrogen) atoms. The van der Waals surface area contributed by atoms with Gasteiger partial charge in [0.1, 0.15) is 24.0 Å². The summed E-state index contributed by atoms with van der Waals surface area (Å²) in [5.74, 6) is 6.07. The first-order chi connectivity index (χ1) is 9.10. The molecule has 0 fully saturated rings. The molecule has 0 bridgehead atoms. The molecule has 0 unspecified atom stereocenters. The van der Waals surface area contributed by atoms with E-state index in [2.05, 4.69) is 10.4 Å². The number of ether oxygens (including phenoxy) is 1. The predicted octanol–water partition coefficient (Wildman–Crippen LogP) is 3.05. The number of nitrogens with zero attached hydrogens (tertiary/aromatic N) is 1. The zero-order valence-corrected chi connectivity index (χ0v) is 11.0. The standard InChI is InChI=1S/C13H13ClFN3O/c1-8-6-9(15)2-4-12(8)19-7-11-10(14)3-5-13(17-11)18-16/h2-6H,7,16H2,1H3,(H,17,18). The lowest BCUT2D eigenvalue weighted by Crippen LogP contribution is -2.10. The van der Waals surface area contributed by atoms with Crippen LogP contribution in [0.25, 0.3) is 0 Å². The maximum Gasteiger partial charge on any atom is 0.140 e. The fourth-order valence-corrected chi connectivity index (χ4v) is 1.75. The van der Waals surface area contributed by atoms with Crippen LogP contribution in [0.5, 0.6) is 5.75 Å². The van der Waals surface area contributed by atoms with Crippen molar-refractivity contribution >= 4 is 17.4 Å². The molecule has 1 aromatic carbocycles. The second kappa shape index (κ2) is 5.86. The molecule has 0 saturated heterocycles. The minimum Gasteiger partial charge on any atom is -0.487 e. The van der Waals surface area contributed by atoms with Crippen LogP contribution in [0.4, 0.5) is 10.2 Å². The Morgan fingerprint density at radius 1 is 1.37 bits per heavy atom. The lowest BCUT2D eigenvalue weighted by molar-refractivity contribution is 0.299. The molecule has 0 atom stereocenters. The lowest BCUT2D eigenvalue weighted by Gasteiger charge is -2.10. The largest absolute Gasteiger partial charge is 0.487 e. The SMILES string of the molecule is Cc1cc(F)ccc1OCc1nc(NN)ccc1Cl. The molecule has 4 nitrogen and oxygen atoms in total. The number of aromatic nitrogens is 1. The molecule has 0 aliphatic carbocycles. The fourth-order valence-electron chi connectivity index (χ4n) is 1.59. The third-order valence-electron chi connectivity index (χ3n) is 2.57. The molecule has 3 N–H and O–H groups in total. The third kappa shape index (κ3) is 3.33. The Balaban J connectivity index is 2.14. The van der Waals surface area contributed by atoms with Crippen molar-refractivity contribution in [2.24, 2.45) is 5.84 Å². The van der Waals surface area contributed by atoms with E-state index in [4.69, 9.17) is 22.2 Å². The van der Waals surface area contributed by atoms with E-state index >= 15 is 0 Å². The highest BCUT2D eigenvalue weighted by Crippen LogP contribution is 2.22. The maximum atomic E-state index is 13.0. The van der Waals surface area contributed by atoms with Gasteiger partial charge >= 0.3 is 0 Å². The Kier molecular flexibility index (Phi) is 4.19. The van der Waals surface area contributed by atoms with Gasteiger partial charge in [-0.3, -0.25) is 0 Å². The third-order valence-corrected chi connectivity index (χ3v) is 2.91. The van der Waals surface area contributed by atoms with Crippen LogP contribution in [0.15, 0.2) is 30.3 Å². The van der Waals surface area contributed by atoms with E-state index in [1.807, 2.05) is 0 Å². The van der Waals surface area contributed by atoms with Gasteiger partial charge in [0, 0.05) is 0 Å². The van der Waals surface area contributed by atoms with Gasteiger partial charge in [0.05, 0.1) is 10.7 Å². The molecular weight excluding hydrogens is 269 g/mol. The van der Waals surface area contributed by atoms with Gasteiger partial charge in [0.25, 0.3) is 0 Å². The number of nitrogens with one attached hydrogen (secondary N) is 1. The molecule has 0 radical (unpaired) electrons. The van der Waals surface area contributed by atoms with Crippen molar-refractivity contribution < 1.29 is 9.13 Å². The number of halogens is 2. The molecule has 0 amide bonds. The zero-order chi connectivity index (χ0) is 13.8. The second-order valence-electron chi connectivity index (χ2n) is 3.97. The Bertz CT molecular complexity index is 592. The number of benzene rings is 1. The molecule has 6 heteroatoms.